The maximum absolute atomic E-state index is 15.0. The number of hydrogen-bond donors (Lipinski definition) is 4. The van der Waals surface area contributed by atoms with E-state index in [0.717, 1.165) is 64.0 Å². The highest BCUT2D eigenvalue weighted by atomic mass is 19.2. The number of hydrogen-bond acceptors (Lipinski definition) is 14. The highest BCUT2D eigenvalue weighted by Crippen LogP contribution is 2.32. The molecule has 0 aliphatic heterocycles. The summed E-state index contributed by atoms with van der Waals surface area (Å²) in [4.78, 5) is 66.2. The van der Waals surface area contributed by atoms with Gasteiger partial charge in [0, 0.05) is 68.4 Å². The number of methoxy groups -OCH3 is 1. The molecule has 0 aliphatic carbocycles. The summed E-state index contributed by atoms with van der Waals surface area (Å²) in [6.07, 6.45) is 24.3. The molecule has 0 fully saturated rings. The third-order valence-corrected chi connectivity index (χ3v) is 15.3. The number of halogens is 5. The lowest BCUT2D eigenvalue weighted by Gasteiger charge is -2.13. The molecule has 0 amide bonds. The number of aromatic nitrogens is 3. The van der Waals surface area contributed by atoms with Crippen molar-refractivity contribution < 1.29 is 93.7 Å². The molecule has 2 atom stereocenters. The third-order valence-electron chi connectivity index (χ3n) is 15.3. The average molecular weight is 1350 g/mol. The zero-order valence-corrected chi connectivity index (χ0v) is 56.7. The van der Waals surface area contributed by atoms with Crippen molar-refractivity contribution in [2.75, 3.05) is 53.4 Å². The Morgan fingerprint density at radius 2 is 0.792 bits per heavy atom. The van der Waals surface area contributed by atoms with Crippen molar-refractivity contribution in [2.45, 2.75) is 195 Å². The molecule has 3 aromatic carbocycles. The van der Waals surface area contributed by atoms with Gasteiger partial charge < -0.3 is 62.7 Å². The van der Waals surface area contributed by atoms with E-state index in [0.29, 0.717) is 37.4 Å². The van der Waals surface area contributed by atoms with Gasteiger partial charge in [-0.3, -0.25) is 0 Å². The fourth-order valence-electron chi connectivity index (χ4n) is 10.0. The van der Waals surface area contributed by atoms with Crippen LogP contribution < -0.4 is 0 Å². The van der Waals surface area contributed by atoms with Crippen molar-refractivity contribution in [2.24, 2.45) is 0 Å². The van der Waals surface area contributed by atoms with E-state index >= 15 is 0 Å². The van der Waals surface area contributed by atoms with Gasteiger partial charge in [0.15, 0.2) is 46.2 Å². The summed E-state index contributed by atoms with van der Waals surface area (Å²) >= 11 is 0. The van der Waals surface area contributed by atoms with Crippen molar-refractivity contribution in [1.82, 2.24) is 15.0 Å². The number of rotatable bonds is 42. The predicted molar refractivity (Wildman–Crippen MR) is 355 cm³/mol. The largest absolute Gasteiger partial charge is 0.511 e. The van der Waals surface area contributed by atoms with E-state index in [1.807, 2.05) is 55.5 Å². The normalized spacial score (nSPS) is 11.6. The van der Waals surface area contributed by atoms with Crippen LogP contribution in [0.5, 0.6) is 0 Å². The first-order valence-corrected chi connectivity index (χ1v) is 33.6. The number of H-pyrrole nitrogens is 3. The lowest BCUT2D eigenvalue weighted by molar-refractivity contribution is -0.0864. The van der Waals surface area contributed by atoms with Crippen LogP contribution in [-0.2, 0) is 61.9 Å². The number of esters is 2. The van der Waals surface area contributed by atoms with Crippen molar-refractivity contribution >= 4 is 30.2 Å². The number of aryl methyl sites for hydroxylation is 3. The number of carboxylic acid groups (broad SMARTS) is 1. The molecule has 3 heterocycles. The van der Waals surface area contributed by atoms with Gasteiger partial charge in [-0.05, 0) is 73.3 Å². The van der Waals surface area contributed by atoms with Crippen LogP contribution in [0.2, 0.25) is 0 Å². The maximum atomic E-state index is 15.0. The minimum absolute atomic E-state index is 0.00243. The lowest BCUT2D eigenvalue weighted by atomic mass is 10.0. The summed E-state index contributed by atoms with van der Waals surface area (Å²) in [5.41, 5.74) is 2.54. The molecule has 6 rings (SSSR count). The predicted octanol–water partition coefficient (Wildman–Crippen LogP) is 18.5. The number of carbonyl (C=O) groups is 5. The minimum atomic E-state index is -1.50. The molecule has 0 saturated heterocycles. The molecule has 2 unspecified atom stereocenters. The Kier molecular flexibility index (Phi) is 38.7. The van der Waals surface area contributed by atoms with Crippen LogP contribution in [0.15, 0.2) is 79.3 Å². The molecule has 4 N–H and O–H groups in total. The molecular formula is C73H98F5N3O15. The highest BCUT2D eigenvalue weighted by Gasteiger charge is 2.27. The number of aromatic carboxylic acids is 1. The van der Waals surface area contributed by atoms with Crippen LogP contribution in [0.4, 0.5) is 31.5 Å². The number of nitrogens with one attached hydrogen (secondary N) is 3. The van der Waals surface area contributed by atoms with E-state index in [2.05, 4.69) is 35.7 Å². The van der Waals surface area contributed by atoms with Gasteiger partial charge >= 0.3 is 30.2 Å². The number of unbranched alkanes of at least 4 members (excludes halogenated alkanes) is 16. The van der Waals surface area contributed by atoms with Gasteiger partial charge in [-0.1, -0.05) is 184 Å². The fourth-order valence-corrected chi connectivity index (χ4v) is 10.0. The summed E-state index contributed by atoms with van der Waals surface area (Å²) in [5, 5.41) is 8.81. The third kappa shape index (κ3) is 28.7. The Balaban J connectivity index is 0.000000314. The van der Waals surface area contributed by atoms with Crippen LogP contribution in [0.25, 0.3) is 33.4 Å². The van der Waals surface area contributed by atoms with E-state index in [1.165, 1.54) is 134 Å². The van der Waals surface area contributed by atoms with E-state index in [1.54, 1.807) is 0 Å². The Morgan fingerprint density at radius 3 is 1.22 bits per heavy atom. The second kappa shape index (κ2) is 46.2. The standard InChI is InChI=1S/C29H42FNO7.C26H36FNO6.C18H20F3NO2/c1-4-6-7-8-9-10-11-12-23-13-15-24(16-14-23)25-21-31-27(26(25)30)28(32)37-22(3)38-29(33)36-20-19-35-18-17-34-5-2;1-4-5-6-7-8-9-10-11-20-12-14-21(15-13-20)22-18-28-24(23(22)27)25(29)33-19(2)34-26(30)32-17-16-31-3;1-2-3-4-5-6-7-11-8-9-12(15(20)14(11)19)13-10-22-17(16(13)21)18(23)24/h13-16,21-22,31H,4-12,17-20H2,1-3H3;12-15,18-19,28H,4-11,16-17H2,1-3H3;8-10,22H,2-7H2,1H3,(H,23,24). The van der Waals surface area contributed by atoms with Crippen LogP contribution in [0, 0.1) is 29.1 Å². The molecule has 18 nitrogen and oxygen atoms in total. The smallest absolute Gasteiger partial charge is 0.476 e. The molecule has 3 aromatic heterocycles. The average Bonchev–Trinajstić information content (AvgIpc) is 1.72. The van der Waals surface area contributed by atoms with Gasteiger partial charge in [0.05, 0.1) is 26.4 Å². The summed E-state index contributed by atoms with van der Waals surface area (Å²) < 4.78 is 117. The Bertz CT molecular complexity index is 3220. The molecule has 0 saturated carbocycles. The fraction of sp³-hybridized carbons (Fsp3) is 0.521. The van der Waals surface area contributed by atoms with E-state index in [9.17, 15) is 45.9 Å². The maximum Gasteiger partial charge on any atom is 0.511 e. The lowest BCUT2D eigenvalue weighted by Crippen LogP contribution is -2.24. The van der Waals surface area contributed by atoms with Gasteiger partial charge in [0.2, 0.25) is 12.6 Å². The monoisotopic (exact) mass is 1350 g/mol. The second-order valence-corrected chi connectivity index (χ2v) is 22.9. The summed E-state index contributed by atoms with van der Waals surface area (Å²) in [6.45, 7) is 12.9. The van der Waals surface area contributed by atoms with E-state index in [-0.39, 0.29) is 65.6 Å². The molecule has 0 aliphatic rings. The summed E-state index contributed by atoms with van der Waals surface area (Å²) in [6, 6.07) is 18.1. The number of carboxylic acids is 1. The van der Waals surface area contributed by atoms with E-state index in [4.69, 9.17) is 47.7 Å². The number of aromatic amines is 3. The van der Waals surface area contributed by atoms with Gasteiger partial charge in [-0.25, -0.2) is 45.9 Å². The van der Waals surface area contributed by atoms with Gasteiger partial charge in [-0.15, -0.1) is 0 Å². The van der Waals surface area contributed by atoms with Crippen molar-refractivity contribution in [3.05, 3.63) is 142 Å². The quantitative estimate of drug-likeness (QED) is 0.00917. The molecule has 96 heavy (non-hydrogen) atoms. The first-order chi connectivity index (χ1) is 46.4. The van der Waals surface area contributed by atoms with Crippen LogP contribution in [0.1, 0.15) is 212 Å². The van der Waals surface area contributed by atoms with Crippen molar-refractivity contribution in [1.29, 1.82) is 0 Å². The van der Waals surface area contributed by atoms with Crippen molar-refractivity contribution in [3.63, 3.8) is 0 Å². The van der Waals surface area contributed by atoms with Gasteiger partial charge in [-0.2, -0.15) is 0 Å². The van der Waals surface area contributed by atoms with Crippen LogP contribution in [-0.4, -0.2) is 116 Å². The van der Waals surface area contributed by atoms with Crippen molar-refractivity contribution in [3.8, 4) is 33.4 Å². The number of benzene rings is 3. The first-order valence-electron chi connectivity index (χ1n) is 33.6. The molecule has 530 valence electrons. The zero-order chi connectivity index (χ0) is 70.0. The SMILES string of the molecule is CCCCCCCCCc1ccc(-c2c[nH]c(C(=O)OC(C)OC(=O)OCCOC)c2F)cc1.CCCCCCCCCc1ccc(-c2c[nH]c(C(=O)OC(C)OC(=O)OCCOCCOCC)c2F)cc1.CCCCCCCc1ccc(-c2c[nH]c(C(=O)O)c2F)c(F)c1F. The number of carbonyl (C=O) groups excluding carboxylic acids is 4. The topological polar surface area (TPSA) is 236 Å². The molecule has 23 heteroatoms. The van der Waals surface area contributed by atoms with Gasteiger partial charge in [0.1, 0.15) is 13.2 Å². The zero-order valence-electron chi connectivity index (χ0n) is 56.7. The molecule has 0 radical (unpaired) electrons. The molecule has 0 bridgehead atoms. The van der Waals surface area contributed by atoms with E-state index < -0.39 is 77.6 Å². The summed E-state index contributed by atoms with van der Waals surface area (Å²) in [5.74, 6) is -8.17. The molecule has 0 spiro atoms. The minimum Gasteiger partial charge on any atom is -0.476 e. The second-order valence-electron chi connectivity index (χ2n) is 22.9. The number of ether oxygens (including phenoxy) is 9. The Labute approximate surface area is 560 Å². The highest BCUT2D eigenvalue weighted by molar-refractivity contribution is 5.91. The Morgan fingerprint density at radius 1 is 0.406 bits per heavy atom. The van der Waals surface area contributed by atoms with Gasteiger partial charge in [0.25, 0.3) is 0 Å². The summed E-state index contributed by atoms with van der Waals surface area (Å²) in [7, 11) is 1.46. The molecular weight excluding hydrogens is 1250 g/mol. The first kappa shape index (κ1) is 80.4. The van der Waals surface area contributed by atoms with Crippen LogP contribution >= 0.6 is 0 Å². The van der Waals surface area contributed by atoms with Crippen LogP contribution in [0.3, 0.4) is 0 Å². The molecule has 6 aromatic rings. The Hall–Kier alpha value is -8.02.